The summed E-state index contributed by atoms with van der Waals surface area (Å²) in [5.41, 5.74) is 61.9. The number of rotatable bonds is 18. The fourth-order valence-corrected chi connectivity index (χ4v) is 13.2. The van der Waals surface area contributed by atoms with Crippen molar-refractivity contribution in [3.05, 3.63) is 225 Å². The number of nitrogens with zero attached hydrogens (tertiary/aromatic N) is 24. The molecular formula is C82H91Cl2KN33O9S7Si2-. The van der Waals surface area contributed by atoms with Gasteiger partial charge < -0.3 is 55.1 Å². The van der Waals surface area contributed by atoms with Crippen LogP contribution in [0.3, 0.4) is 0 Å². The minimum atomic E-state index is -1.42. The second kappa shape index (κ2) is 67.0. The summed E-state index contributed by atoms with van der Waals surface area (Å²) in [4.78, 5) is 147. The number of nitrogens with two attached hydrogens (primary N) is 7. The van der Waals surface area contributed by atoms with E-state index < -0.39 is 22.1 Å². The molecule has 0 bridgehead atoms. The quantitative estimate of drug-likeness (QED) is 0.00313. The summed E-state index contributed by atoms with van der Waals surface area (Å²) in [6.07, 6.45) is 27.2. The zero-order valence-electron chi connectivity index (χ0n) is 74.8. The minimum absolute atomic E-state index is 0. The number of aromatic amines is 1. The first kappa shape index (κ1) is 121. The van der Waals surface area contributed by atoms with E-state index >= 15 is 0 Å². The molecule has 0 aliphatic carbocycles. The number of H-pyrrole nitrogens is 1. The Bertz CT molecular complexity index is 6330. The van der Waals surface area contributed by atoms with Crippen LogP contribution in [0.5, 0.6) is 0 Å². The molecule has 42 nitrogen and oxygen atoms in total. The molecule has 0 aliphatic heterocycles. The van der Waals surface area contributed by atoms with Crippen molar-refractivity contribution < 1.29 is 90.4 Å². The summed E-state index contributed by atoms with van der Waals surface area (Å²) in [5.74, 6) is 5.21. The average Bonchev–Trinajstić information content (AvgIpc) is 1.65. The van der Waals surface area contributed by atoms with Gasteiger partial charge >= 0.3 is 57.5 Å². The number of guanidine groups is 1. The third-order valence-corrected chi connectivity index (χ3v) is 21.2. The topological polar surface area (TPSA) is 692 Å². The summed E-state index contributed by atoms with van der Waals surface area (Å²) in [7, 11) is -2.52. The van der Waals surface area contributed by atoms with E-state index in [0.29, 0.717) is 80.4 Å². The Morgan fingerprint density at radius 3 is 1.43 bits per heavy atom. The number of ether oxygens (including phenoxy) is 1. The van der Waals surface area contributed by atoms with Gasteiger partial charge in [0.25, 0.3) is 11.5 Å². The van der Waals surface area contributed by atoms with Crippen LogP contribution in [-0.2, 0) is 54.6 Å². The number of carbonyl (C=O) groups is 3. The van der Waals surface area contributed by atoms with Crippen LogP contribution in [0.15, 0.2) is 169 Å². The fraction of sp³-hybridized carbons (Fsp3) is 0.207. The molecule has 704 valence electrons. The molecule has 0 saturated carbocycles. The van der Waals surface area contributed by atoms with Crippen molar-refractivity contribution in [3.63, 3.8) is 0 Å². The van der Waals surface area contributed by atoms with Gasteiger partial charge in [0, 0.05) is 127 Å². The summed E-state index contributed by atoms with van der Waals surface area (Å²) in [5, 5.41) is 35.5. The van der Waals surface area contributed by atoms with E-state index in [9.17, 15) is 24.0 Å². The molecular weight excluding hydrogens is 1980 g/mol. The van der Waals surface area contributed by atoms with Crippen LogP contribution in [0, 0.1) is 41.2 Å². The van der Waals surface area contributed by atoms with Crippen molar-refractivity contribution in [2.75, 3.05) is 35.3 Å². The van der Waals surface area contributed by atoms with Gasteiger partial charge in [-0.25, -0.2) is 79.4 Å². The van der Waals surface area contributed by atoms with Crippen molar-refractivity contribution in [3.8, 4) is 101 Å². The standard InChI is InChI=1S/C17H16N8S.C12H14N4SSi.C9H6N4S.C8H10N4.C7H5ClN4S.C7H6N4OS.C7H7NO2S.C5H7O3.C5H10Si.C3H3NS.CH5N3.CO2.ClH.K.H2O/c1-2-11-4-3-5-12(20-11)9-25-10-15(23-24-25)13-8-14(22-17(18)21-13)16-19-6-7-26-16;1-18(2,3)7-4-9-8-10(16-12(13)15-9)11-14-5-6-17-11;1-2-6-5-7(13-9(10)12-6)8-11-3-4-14-8;1-2-7-4-3-5-8(11-7)6-10-12-9;8-5-3-4(11-7(9)12-5)6-10-1-2-13-6;8-7-10-4(3-5(12)11-7)6-9-1-2-13-6;1-5(9)4-6(10)7-8-2-3-11-7;1-2-8-5(7)3-4-6;1-5-6(2,3)4;1-2-5-3-4-1;2-1(3)4;2-1-3;;;/h3-8,10H,2,9H2,1H3,(H2,18,21,22);5-6,8H,1-3H3,(H2,13,15,16);1,3-5H,(H2,10,12,13);3-5H,2,6H2,1H3;1-3H,(H2,9,11,12);1-3H,(H3,8,10,11,12);2-3H,4H2,1H3;2-3H2,1H3;1H,2-4H3;1-3H;(H5,2,3,4);;1H;;1H2/q;;;;;;;-1;;;;;;+1;/p-1. The van der Waals surface area contributed by atoms with Gasteiger partial charge in [-0.2, -0.15) is 9.59 Å². The van der Waals surface area contributed by atoms with E-state index in [-0.39, 0.29) is 141 Å². The molecule has 0 aromatic carbocycles. The first-order valence-corrected chi connectivity index (χ1v) is 51.9. The Balaban J connectivity index is 0.000000768. The Kier molecular flexibility index (Phi) is 59.5. The molecule has 0 atom stereocenters. The second-order valence-corrected chi connectivity index (χ2v) is 42.8. The number of ketones is 2. The zero-order chi connectivity index (χ0) is 98.1. The van der Waals surface area contributed by atoms with Crippen molar-refractivity contribution in [1.82, 2.24) is 110 Å². The van der Waals surface area contributed by atoms with E-state index in [1.165, 1.54) is 87.3 Å². The second-order valence-electron chi connectivity index (χ2n) is 26.8. The molecule has 0 aliphatic rings. The van der Waals surface area contributed by atoms with Gasteiger partial charge in [-0.05, 0) is 62.6 Å². The molecule has 0 unspecified atom stereocenters. The number of aryl methyl sites for hydroxylation is 2. The smallest absolute Gasteiger partial charge is 0.870 e. The number of hydrogen-bond acceptors (Lipinski definition) is 43. The number of pyridine rings is 2. The van der Waals surface area contributed by atoms with E-state index in [1.807, 2.05) is 93.9 Å². The zero-order valence-corrected chi connectivity index (χ0v) is 87.2. The Hall–Kier alpha value is -13.2. The van der Waals surface area contributed by atoms with Crippen molar-refractivity contribution in [2.24, 2.45) is 16.6 Å². The summed E-state index contributed by atoms with van der Waals surface area (Å²) in [6, 6.07) is 20.1. The maximum Gasteiger partial charge on any atom is 1.00 e. The molecule has 0 amide bonds. The van der Waals surface area contributed by atoms with Crippen LogP contribution < -0.4 is 97.1 Å². The number of esters is 1. The minimum Gasteiger partial charge on any atom is -0.870 e. The molecule has 15 aromatic heterocycles. The molecule has 15 heterocycles. The number of carbonyl (C=O) groups excluding carboxylic acids is 6. The number of hydrogen-bond donors (Lipinski definition) is 9. The first-order chi connectivity index (χ1) is 63.5. The molecule has 17 N–H and O–H groups in total. The molecule has 136 heavy (non-hydrogen) atoms. The first-order valence-electron chi connectivity index (χ1n) is 38.3. The van der Waals surface area contributed by atoms with E-state index in [4.69, 9.17) is 73.6 Å². The number of Topliss-reactive ketones (excluding diaryl/α,β-unsaturated/α-hetero) is 2. The maximum absolute atomic E-state index is 11.0. The number of azide groups is 1. The molecule has 0 saturated heterocycles. The predicted molar refractivity (Wildman–Crippen MR) is 535 cm³/mol. The van der Waals surface area contributed by atoms with Crippen LogP contribution in [0.4, 0.5) is 29.7 Å². The van der Waals surface area contributed by atoms with Crippen LogP contribution in [0.1, 0.15) is 84.5 Å². The molecule has 15 aromatic rings. The number of nitrogen functional groups attached to an aromatic ring is 5. The Morgan fingerprint density at radius 1 is 0.603 bits per heavy atom. The van der Waals surface area contributed by atoms with Crippen molar-refractivity contribution in [2.45, 2.75) is 106 Å². The molecule has 0 spiro atoms. The van der Waals surface area contributed by atoms with Gasteiger partial charge in [0.1, 0.15) is 97.7 Å². The summed E-state index contributed by atoms with van der Waals surface area (Å²) < 4.78 is 6.12. The van der Waals surface area contributed by atoms with Gasteiger partial charge in [0.2, 0.25) is 29.7 Å². The molecule has 54 heteroatoms. The summed E-state index contributed by atoms with van der Waals surface area (Å²) >= 11 is 16.0. The largest absolute Gasteiger partial charge is 1.00 e. The van der Waals surface area contributed by atoms with E-state index in [1.54, 1.807) is 89.3 Å². The Morgan fingerprint density at radius 2 is 1.04 bits per heavy atom. The number of thiazole rings is 7. The maximum atomic E-state index is 11.0. The van der Waals surface area contributed by atoms with Crippen molar-refractivity contribution in [1.29, 1.82) is 5.41 Å². The van der Waals surface area contributed by atoms with E-state index in [0.717, 1.165) is 61.3 Å². The SMILES string of the molecule is C#C[Si](C)(C)C.C#Cc1cc(-c2nccs2)nc(N)n1.CC(=O)CC(=O)c1nccs1.CCOC(=O)C[C-]=O.CCc1cccc(CN=[N+]=[N-])n1.CCc1cccc(Cn2cc(-c3cc(-c4nccs4)nc(N)n3)nn2)n1.C[Si](C)(C)C#Cc1cc(-c2nccs2)nc(N)n1.Cl.N=C(N)N.Nc1nc(-c2nccs2)cc(=O)[nH]1.Nc1nc(Cl)cc(-c2nccs2)n1.O=C=O.[K+].[OH-].c1cscn1. The summed E-state index contributed by atoms with van der Waals surface area (Å²) in [6.45, 7) is 21.4. The van der Waals surface area contributed by atoms with Gasteiger partial charge in [-0.1, -0.05) is 105 Å². The molecule has 15 rings (SSSR count). The predicted octanol–water partition coefficient (Wildman–Crippen LogP) is 10.3. The monoisotopic (exact) mass is 2070 g/mol. The number of halogens is 2. The number of nitrogens with one attached hydrogen (secondary N) is 2. The van der Waals surface area contributed by atoms with Gasteiger partial charge in [0.05, 0.1) is 49.2 Å². The van der Waals surface area contributed by atoms with Crippen molar-refractivity contribution >= 4 is 185 Å². The van der Waals surface area contributed by atoms with Gasteiger partial charge in [0.15, 0.2) is 16.8 Å². The number of terminal acetylenes is 2. The van der Waals surface area contributed by atoms with Gasteiger partial charge in [-0.15, -0.1) is 121 Å². The normalized spacial score (nSPS) is 9.51. The van der Waals surface area contributed by atoms with Crippen LogP contribution in [-0.4, -0.2) is 174 Å². The number of anilines is 5. The molecule has 0 fully saturated rings. The number of aromatic nitrogens is 22. The van der Waals surface area contributed by atoms with Crippen LogP contribution >= 0.6 is 103 Å². The third-order valence-electron chi connectivity index (χ3n) is 13.9. The van der Waals surface area contributed by atoms with Gasteiger partial charge in [-0.3, -0.25) is 50.8 Å². The molecule has 0 radical (unpaired) electrons. The fourth-order valence-electron chi connectivity index (χ4n) is 8.63. The Labute approximate surface area is 864 Å². The van der Waals surface area contributed by atoms with E-state index in [2.05, 4.69) is 200 Å². The third kappa shape index (κ3) is 51.3. The van der Waals surface area contributed by atoms with Crippen LogP contribution in [0.2, 0.25) is 44.4 Å². The average molecular weight is 2070 g/mol. The van der Waals surface area contributed by atoms with Crippen LogP contribution in [0.25, 0.3) is 75.3 Å².